The quantitative estimate of drug-likeness (QED) is 0.428. The van der Waals surface area contributed by atoms with E-state index in [2.05, 4.69) is 19.2 Å². The molecule has 1 aromatic rings. The van der Waals surface area contributed by atoms with Crippen molar-refractivity contribution in [2.75, 3.05) is 19.8 Å². The molecule has 0 aliphatic rings. The van der Waals surface area contributed by atoms with Crippen LogP contribution in [0.1, 0.15) is 27.2 Å². The van der Waals surface area contributed by atoms with E-state index in [4.69, 9.17) is 9.47 Å². The zero-order valence-electron chi connectivity index (χ0n) is 12.2. The van der Waals surface area contributed by atoms with Crippen LogP contribution in [0.3, 0.4) is 0 Å². The third-order valence-electron chi connectivity index (χ3n) is 2.53. The highest BCUT2D eigenvalue weighted by molar-refractivity contribution is 5.46. The van der Waals surface area contributed by atoms with E-state index in [1.54, 1.807) is 6.07 Å². The first-order valence-corrected chi connectivity index (χ1v) is 6.81. The fourth-order valence-corrected chi connectivity index (χ4v) is 1.65. The van der Waals surface area contributed by atoms with Crippen LogP contribution in [0.2, 0.25) is 0 Å². The van der Waals surface area contributed by atoms with Gasteiger partial charge in [-0.25, -0.2) is 0 Å². The van der Waals surface area contributed by atoms with Gasteiger partial charge in [-0.3, -0.25) is 10.1 Å². The van der Waals surface area contributed by atoms with E-state index >= 15 is 0 Å². The van der Waals surface area contributed by atoms with E-state index in [1.165, 1.54) is 12.1 Å². The highest BCUT2D eigenvalue weighted by atomic mass is 16.6. The van der Waals surface area contributed by atoms with E-state index in [1.807, 2.05) is 6.92 Å². The number of nitrogens with zero attached hydrogens (tertiary/aromatic N) is 1. The van der Waals surface area contributed by atoms with Gasteiger partial charge in [-0.1, -0.05) is 13.8 Å². The van der Waals surface area contributed by atoms with Crippen molar-refractivity contribution in [2.45, 2.75) is 33.2 Å². The van der Waals surface area contributed by atoms with Crippen molar-refractivity contribution in [1.29, 1.82) is 0 Å². The molecule has 20 heavy (non-hydrogen) atoms. The van der Waals surface area contributed by atoms with Gasteiger partial charge in [-0.15, -0.1) is 0 Å². The predicted molar refractivity (Wildman–Crippen MR) is 77.5 cm³/mol. The van der Waals surface area contributed by atoms with Crippen LogP contribution in [0, 0.1) is 10.1 Å². The Morgan fingerprint density at radius 2 is 1.90 bits per heavy atom. The van der Waals surface area contributed by atoms with Gasteiger partial charge >= 0.3 is 0 Å². The Morgan fingerprint density at radius 3 is 2.45 bits per heavy atom. The molecule has 1 aromatic carbocycles. The minimum absolute atomic E-state index is 0.0220. The predicted octanol–water partition coefficient (Wildman–Crippen LogP) is 2.76. The molecule has 0 atom stereocenters. The van der Waals surface area contributed by atoms with Crippen molar-refractivity contribution in [1.82, 2.24) is 5.32 Å². The molecule has 0 amide bonds. The van der Waals surface area contributed by atoms with Gasteiger partial charge in [-0.05, 0) is 19.9 Å². The van der Waals surface area contributed by atoms with Crippen LogP contribution in [-0.2, 0) is 0 Å². The van der Waals surface area contributed by atoms with Gasteiger partial charge in [0, 0.05) is 12.1 Å². The standard InChI is InChI=1S/C14H22N2O4/c1-4-19-13-8-12(16(17)18)9-14(10-13)20-7-5-6-15-11(2)3/h8-11,15H,4-7H2,1-3H3. The van der Waals surface area contributed by atoms with E-state index in [-0.39, 0.29) is 5.69 Å². The molecule has 0 unspecified atom stereocenters. The first-order chi connectivity index (χ1) is 9.52. The SMILES string of the molecule is CCOc1cc(OCCCNC(C)C)cc([N+](=O)[O-])c1. The van der Waals surface area contributed by atoms with Gasteiger partial charge < -0.3 is 14.8 Å². The molecule has 0 saturated heterocycles. The third kappa shape index (κ3) is 5.88. The molecule has 112 valence electrons. The van der Waals surface area contributed by atoms with Crippen molar-refractivity contribution in [2.24, 2.45) is 0 Å². The Kier molecular flexibility index (Phi) is 6.79. The first kappa shape index (κ1) is 16.2. The van der Waals surface area contributed by atoms with Gasteiger partial charge in [0.25, 0.3) is 5.69 Å². The van der Waals surface area contributed by atoms with E-state index in [9.17, 15) is 10.1 Å². The summed E-state index contributed by atoms with van der Waals surface area (Å²) in [5.74, 6) is 0.921. The van der Waals surface area contributed by atoms with Crippen LogP contribution in [0.25, 0.3) is 0 Å². The summed E-state index contributed by atoms with van der Waals surface area (Å²) in [4.78, 5) is 10.4. The van der Waals surface area contributed by atoms with Gasteiger partial charge in [-0.2, -0.15) is 0 Å². The first-order valence-electron chi connectivity index (χ1n) is 6.81. The average Bonchev–Trinajstić information content (AvgIpc) is 2.38. The second-order valence-electron chi connectivity index (χ2n) is 4.66. The molecule has 0 radical (unpaired) electrons. The summed E-state index contributed by atoms with van der Waals surface area (Å²) < 4.78 is 10.8. The number of nitro benzene ring substituents is 1. The molecule has 0 aromatic heterocycles. The fraction of sp³-hybridized carbons (Fsp3) is 0.571. The Morgan fingerprint density at radius 1 is 1.25 bits per heavy atom. The number of hydrogen-bond donors (Lipinski definition) is 1. The summed E-state index contributed by atoms with van der Waals surface area (Å²) in [5.41, 5.74) is -0.0220. The summed E-state index contributed by atoms with van der Waals surface area (Å²) in [5, 5.41) is 14.1. The number of rotatable bonds is 9. The van der Waals surface area contributed by atoms with Crippen LogP contribution in [-0.4, -0.2) is 30.7 Å². The lowest BCUT2D eigenvalue weighted by molar-refractivity contribution is -0.385. The largest absolute Gasteiger partial charge is 0.493 e. The Labute approximate surface area is 119 Å². The van der Waals surface area contributed by atoms with Crippen LogP contribution in [0.4, 0.5) is 5.69 Å². The minimum Gasteiger partial charge on any atom is -0.493 e. The van der Waals surface area contributed by atoms with Gasteiger partial charge in [0.1, 0.15) is 11.5 Å². The number of ether oxygens (including phenoxy) is 2. The minimum atomic E-state index is -0.449. The molecule has 0 spiro atoms. The molecular weight excluding hydrogens is 260 g/mol. The second kappa shape index (κ2) is 8.37. The molecule has 1 rings (SSSR count). The summed E-state index contributed by atoms with van der Waals surface area (Å²) in [6.07, 6.45) is 0.838. The lowest BCUT2D eigenvalue weighted by atomic mass is 10.3. The molecule has 0 aliphatic heterocycles. The summed E-state index contributed by atoms with van der Waals surface area (Å²) >= 11 is 0. The Balaban J connectivity index is 2.57. The second-order valence-corrected chi connectivity index (χ2v) is 4.66. The van der Waals surface area contributed by atoms with Gasteiger partial charge in [0.05, 0.1) is 30.3 Å². The number of benzene rings is 1. The van der Waals surface area contributed by atoms with Crippen molar-refractivity contribution >= 4 is 5.69 Å². The normalized spacial score (nSPS) is 10.6. The molecule has 0 saturated carbocycles. The highest BCUT2D eigenvalue weighted by Gasteiger charge is 2.11. The maximum atomic E-state index is 10.8. The molecule has 1 N–H and O–H groups in total. The smallest absolute Gasteiger partial charge is 0.276 e. The van der Waals surface area contributed by atoms with E-state index in [0.717, 1.165) is 13.0 Å². The zero-order valence-corrected chi connectivity index (χ0v) is 12.2. The third-order valence-corrected chi connectivity index (χ3v) is 2.53. The topological polar surface area (TPSA) is 73.6 Å². The Bertz CT molecular complexity index is 435. The molecule has 0 bridgehead atoms. The van der Waals surface area contributed by atoms with Crippen LogP contribution in [0.5, 0.6) is 11.5 Å². The van der Waals surface area contributed by atoms with E-state index < -0.39 is 4.92 Å². The number of nitrogens with one attached hydrogen (secondary N) is 1. The number of nitro groups is 1. The van der Waals surface area contributed by atoms with Crippen molar-refractivity contribution in [3.8, 4) is 11.5 Å². The summed E-state index contributed by atoms with van der Waals surface area (Å²) in [6.45, 7) is 7.80. The zero-order chi connectivity index (χ0) is 15.0. The Hall–Kier alpha value is -1.82. The average molecular weight is 282 g/mol. The molecule has 0 heterocycles. The molecule has 0 aliphatic carbocycles. The number of non-ortho nitro benzene ring substituents is 1. The van der Waals surface area contributed by atoms with Crippen LogP contribution >= 0.6 is 0 Å². The molecular formula is C14H22N2O4. The maximum Gasteiger partial charge on any atom is 0.276 e. The van der Waals surface area contributed by atoms with Crippen molar-refractivity contribution in [3.05, 3.63) is 28.3 Å². The number of hydrogen-bond acceptors (Lipinski definition) is 5. The van der Waals surface area contributed by atoms with Crippen molar-refractivity contribution < 1.29 is 14.4 Å². The summed E-state index contributed by atoms with van der Waals surface area (Å²) in [7, 11) is 0. The lowest BCUT2D eigenvalue weighted by Crippen LogP contribution is -2.24. The van der Waals surface area contributed by atoms with Gasteiger partial charge in [0.15, 0.2) is 0 Å². The molecule has 6 nitrogen and oxygen atoms in total. The van der Waals surface area contributed by atoms with Crippen molar-refractivity contribution in [3.63, 3.8) is 0 Å². The maximum absolute atomic E-state index is 10.8. The fourth-order valence-electron chi connectivity index (χ4n) is 1.65. The molecule has 6 heteroatoms. The van der Waals surface area contributed by atoms with Crippen LogP contribution in [0.15, 0.2) is 18.2 Å². The highest BCUT2D eigenvalue weighted by Crippen LogP contribution is 2.27. The van der Waals surface area contributed by atoms with Gasteiger partial charge in [0.2, 0.25) is 0 Å². The molecule has 0 fully saturated rings. The summed E-state index contributed by atoms with van der Waals surface area (Å²) in [6, 6.07) is 4.93. The van der Waals surface area contributed by atoms with Crippen LogP contribution < -0.4 is 14.8 Å². The van der Waals surface area contributed by atoms with E-state index in [0.29, 0.717) is 30.8 Å². The monoisotopic (exact) mass is 282 g/mol. The lowest BCUT2D eigenvalue weighted by Gasteiger charge is -2.10.